The second kappa shape index (κ2) is 9.20. The minimum absolute atomic E-state index is 0.202. The van der Waals surface area contributed by atoms with E-state index < -0.39 is 0 Å². The maximum absolute atomic E-state index is 13.3. The first-order chi connectivity index (χ1) is 14.1. The van der Waals surface area contributed by atoms with Gasteiger partial charge >= 0.3 is 0 Å². The fraction of sp³-hybridized carbons (Fsp3) is 0.200. The molecule has 0 saturated carbocycles. The summed E-state index contributed by atoms with van der Waals surface area (Å²) >= 11 is 0. The van der Waals surface area contributed by atoms with E-state index in [-0.39, 0.29) is 11.6 Å². The Labute approximate surface area is 171 Å². The molecule has 0 N–H and O–H groups in total. The van der Waals surface area contributed by atoms with Crippen molar-refractivity contribution in [2.75, 3.05) is 13.2 Å². The maximum atomic E-state index is 13.3. The van der Waals surface area contributed by atoms with Crippen LogP contribution < -0.4 is 9.47 Å². The maximum Gasteiger partial charge on any atom is 0.193 e. The molecule has 0 unspecified atom stereocenters. The Morgan fingerprint density at radius 2 is 1.41 bits per heavy atom. The van der Waals surface area contributed by atoms with Crippen LogP contribution in [-0.4, -0.2) is 24.8 Å². The van der Waals surface area contributed by atoms with Crippen molar-refractivity contribution in [3.63, 3.8) is 0 Å². The number of carbonyl (C=O) groups excluding carboxylic acids is 2. The standard InChI is InChI=1S/C25H24O4/c1-4-28-21-16-20(24(27)19-14-10-7-11-15-19)22(17(3)26)23(25(21)29-5-2)18-12-8-6-9-13-18/h6-16H,4-5H2,1-3H3. The molecule has 148 valence electrons. The second-order valence-electron chi connectivity index (χ2n) is 6.48. The van der Waals surface area contributed by atoms with Gasteiger partial charge in [-0.25, -0.2) is 0 Å². The summed E-state index contributed by atoms with van der Waals surface area (Å²) in [5, 5.41) is 0. The van der Waals surface area contributed by atoms with Crippen molar-refractivity contribution in [1.82, 2.24) is 0 Å². The molecule has 29 heavy (non-hydrogen) atoms. The summed E-state index contributed by atoms with van der Waals surface area (Å²) in [4.78, 5) is 26.1. The summed E-state index contributed by atoms with van der Waals surface area (Å²) in [7, 11) is 0. The van der Waals surface area contributed by atoms with Gasteiger partial charge in [-0.05, 0) is 32.4 Å². The SMILES string of the molecule is CCOc1cc(C(=O)c2ccccc2)c(C(C)=O)c(-c2ccccc2)c1OCC. The number of hydrogen-bond donors (Lipinski definition) is 0. The van der Waals surface area contributed by atoms with Crippen LogP contribution in [0.25, 0.3) is 11.1 Å². The van der Waals surface area contributed by atoms with Gasteiger partial charge in [0.05, 0.1) is 13.2 Å². The van der Waals surface area contributed by atoms with E-state index in [2.05, 4.69) is 0 Å². The molecule has 4 nitrogen and oxygen atoms in total. The number of rotatable bonds is 8. The largest absolute Gasteiger partial charge is 0.490 e. The molecule has 0 atom stereocenters. The first kappa shape index (κ1) is 20.3. The fourth-order valence-corrected chi connectivity index (χ4v) is 3.36. The van der Waals surface area contributed by atoms with Gasteiger partial charge in [-0.1, -0.05) is 60.7 Å². The van der Waals surface area contributed by atoms with Gasteiger partial charge in [-0.3, -0.25) is 9.59 Å². The smallest absolute Gasteiger partial charge is 0.193 e. The fourth-order valence-electron chi connectivity index (χ4n) is 3.36. The number of carbonyl (C=O) groups is 2. The number of ether oxygens (including phenoxy) is 2. The van der Waals surface area contributed by atoms with Gasteiger partial charge in [0.15, 0.2) is 23.1 Å². The lowest BCUT2D eigenvalue weighted by Crippen LogP contribution is -2.13. The topological polar surface area (TPSA) is 52.6 Å². The van der Waals surface area contributed by atoms with Crippen molar-refractivity contribution in [2.24, 2.45) is 0 Å². The van der Waals surface area contributed by atoms with Gasteiger partial charge in [0, 0.05) is 22.3 Å². The average Bonchev–Trinajstić information content (AvgIpc) is 2.75. The highest BCUT2D eigenvalue weighted by Gasteiger charge is 2.27. The number of Topliss-reactive ketones (excluding diaryl/α,β-unsaturated/α-hetero) is 1. The second-order valence-corrected chi connectivity index (χ2v) is 6.48. The van der Waals surface area contributed by atoms with Crippen LogP contribution in [0.4, 0.5) is 0 Å². The normalized spacial score (nSPS) is 10.4. The number of benzene rings is 3. The minimum atomic E-state index is -0.225. The molecule has 0 aliphatic heterocycles. The monoisotopic (exact) mass is 388 g/mol. The van der Waals surface area contributed by atoms with E-state index in [4.69, 9.17) is 9.47 Å². The summed E-state index contributed by atoms with van der Waals surface area (Å²) in [6.07, 6.45) is 0. The van der Waals surface area contributed by atoms with Crippen LogP contribution in [0.15, 0.2) is 66.7 Å². The molecular formula is C25H24O4. The van der Waals surface area contributed by atoms with Crippen LogP contribution in [-0.2, 0) is 0 Å². The summed E-state index contributed by atoms with van der Waals surface area (Å²) < 4.78 is 11.7. The molecule has 3 aromatic carbocycles. The lowest BCUT2D eigenvalue weighted by Gasteiger charge is -2.21. The molecule has 0 aliphatic carbocycles. The van der Waals surface area contributed by atoms with E-state index in [1.165, 1.54) is 6.92 Å². The third-order valence-corrected chi connectivity index (χ3v) is 4.53. The first-order valence-electron chi connectivity index (χ1n) is 9.71. The Morgan fingerprint density at radius 3 is 1.97 bits per heavy atom. The van der Waals surface area contributed by atoms with Gasteiger partial charge in [-0.15, -0.1) is 0 Å². The van der Waals surface area contributed by atoms with E-state index in [9.17, 15) is 9.59 Å². The van der Waals surface area contributed by atoms with Crippen LogP contribution in [0.3, 0.4) is 0 Å². The van der Waals surface area contributed by atoms with E-state index in [1.54, 1.807) is 30.3 Å². The highest BCUT2D eigenvalue weighted by molar-refractivity contribution is 6.18. The highest BCUT2D eigenvalue weighted by atomic mass is 16.5. The zero-order valence-electron chi connectivity index (χ0n) is 16.9. The van der Waals surface area contributed by atoms with Crippen molar-refractivity contribution in [2.45, 2.75) is 20.8 Å². The number of ketones is 2. The quantitative estimate of drug-likeness (QED) is 0.472. The van der Waals surface area contributed by atoms with Crippen molar-refractivity contribution in [3.8, 4) is 22.6 Å². The first-order valence-corrected chi connectivity index (χ1v) is 9.71. The van der Waals surface area contributed by atoms with Crippen LogP contribution in [0, 0.1) is 0 Å². The predicted octanol–water partition coefficient (Wildman–Crippen LogP) is 5.58. The van der Waals surface area contributed by atoms with Crippen LogP contribution in [0.2, 0.25) is 0 Å². The third-order valence-electron chi connectivity index (χ3n) is 4.53. The molecule has 0 radical (unpaired) electrons. The van der Waals surface area contributed by atoms with Gasteiger partial charge in [0.2, 0.25) is 0 Å². The van der Waals surface area contributed by atoms with E-state index >= 15 is 0 Å². The molecule has 0 fully saturated rings. The van der Waals surface area contributed by atoms with Gasteiger partial charge in [-0.2, -0.15) is 0 Å². The Bertz CT molecular complexity index is 1010. The summed E-state index contributed by atoms with van der Waals surface area (Å²) in [5.74, 6) is 0.511. The van der Waals surface area contributed by atoms with Gasteiger partial charge in [0.25, 0.3) is 0 Å². The van der Waals surface area contributed by atoms with E-state index in [0.717, 1.165) is 5.56 Å². The molecule has 0 heterocycles. The zero-order valence-corrected chi connectivity index (χ0v) is 16.9. The molecule has 0 saturated heterocycles. The lowest BCUT2D eigenvalue weighted by molar-refractivity contribution is 0.0990. The van der Waals surface area contributed by atoms with Crippen molar-refractivity contribution in [1.29, 1.82) is 0 Å². The molecular weight excluding hydrogens is 364 g/mol. The van der Waals surface area contributed by atoms with E-state index in [0.29, 0.717) is 47.0 Å². The lowest BCUT2D eigenvalue weighted by atomic mass is 9.88. The molecule has 4 heteroatoms. The molecule has 0 bridgehead atoms. The van der Waals surface area contributed by atoms with Crippen LogP contribution in [0.5, 0.6) is 11.5 Å². The molecule has 0 aromatic heterocycles. The van der Waals surface area contributed by atoms with E-state index in [1.807, 2.05) is 50.2 Å². The van der Waals surface area contributed by atoms with Crippen molar-refractivity contribution >= 4 is 11.6 Å². The average molecular weight is 388 g/mol. The molecule has 3 aromatic rings. The Kier molecular flexibility index (Phi) is 6.45. The Hall–Kier alpha value is -3.40. The Balaban J connectivity index is 2.38. The predicted molar refractivity (Wildman–Crippen MR) is 114 cm³/mol. The summed E-state index contributed by atoms with van der Waals surface area (Å²) in [6, 6.07) is 20.0. The molecule has 0 amide bonds. The summed E-state index contributed by atoms with van der Waals surface area (Å²) in [5.41, 5.74) is 2.56. The van der Waals surface area contributed by atoms with Crippen LogP contribution >= 0.6 is 0 Å². The van der Waals surface area contributed by atoms with Crippen molar-refractivity contribution < 1.29 is 19.1 Å². The molecule has 0 spiro atoms. The van der Waals surface area contributed by atoms with Crippen LogP contribution in [0.1, 0.15) is 47.1 Å². The number of hydrogen-bond acceptors (Lipinski definition) is 4. The van der Waals surface area contributed by atoms with Gasteiger partial charge < -0.3 is 9.47 Å². The molecule has 3 rings (SSSR count). The Morgan fingerprint density at radius 1 is 0.828 bits per heavy atom. The summed E-state index contributed by atoms with van der Waals surface area (Å²) in [6.45, 7) is 6.03. The zero-order chi connectivity index (χ0) is 20.8. The minimum Gasteiger partial charge on any atom is -0.490 e. The van der Waals surface area contributed by atoms with Crippen molar-refractivity contribution in [3.05, 3.63) is 83.4 Å². The van der Waals surface area contributed by atoms with Gasteiger partial charge in [0.1, 0.15) is 0 Å². The highest BCUT2D eigenvalue weighted by Crippen LogP contribution is 2.43. The molecule has 0 aliphatic rings. The third kappa shape index (κ3) is 4.21.